The molecule has 158 valence electrons. The van der Waals surface area contributed by atoms with Crippen LogP contribution in [0.4, 0.5) is 0 Å². The maximum absolute atomic E-state index is 12.4. The second-order valence-corrected chi connectivity index (χ2v) is 9.19. The van der Waals surface area contributed by atoms with E-state index in [0.717, 1.165) is 50.2 Å². The third-order valence-corrected chi connectivity index (χ3v) is 7.07. The van der Waals surface area contributed by atoms with E-state index in [9.17, 15) is 4.79 Å². The third kappa shape index (κ3) is 5.40. The highest BCUT2D eigenvalue weighted by Gasteiger charge is 2.20. The number of carbonyl (C=O) groups is 1. The van der Waals surface area contributed by atoms with Crippen LogP contribution in [0.2, 0.25) is 0 Å². The number of fused-ring (bicyclic) bond motifs is 1. The highest BCUT2D eigenvalue weighted by atomic mass is 16.1. The molecule has 2 aliphatic carbocycles. The summed E-state index contributed by atoms with van der Waals surface area (Å²) in [6.45, 7) is 1.84. The smallest absolute Gasteiger partial charge is 0.223 e. The molecular weight excluding hydrogens is 358 g/mol. The normalized spacial score (nSPS) is 18.9. The van der Waals surface area contributed by atoms with Crippen molar-refractivity contribution < 1.29 is 4.79 Å². The van der Waals surface area contributed by atoms with Crippen LogP contribution in [0.25, 0.3) is 11.0 Å². The van der Waals surface area contributed by atoms with E-state index in [2.05, 4.69) is 34.1 Å². The van der Waals surface area contributed by atoms with E-state index in [4.69, 9.17) is 4.98 Å². The number of amides is 1. The van der Waals surface area contributed by atoms with E-state index in [1.54, 1.807) is 0 Å². The number of nitrogens with zero attached hydrogens (tertiary/aromatic N) is 2. The molecular formula is C25H37N3O. The molecule has 2 aliphatic rings. The van der Waals surface area contributed by atoms with Gasteiger partial charge in [0.1, 0.15) is 5.82 Å². The second kappa shape index (κ2) is 10.3. The van der Waals surface area contributed by atoms with Crippen LogP contribution >= 0.6 is 0 Å². The summed E-state index contributed by atoms with van der Waals surface area (Å²) in [5, 5.41) is 3.18. The SMILES string of the molecule is O=C(NCCCc1nc2ccccc2n1CCC1CCCCC1)C1CCCCC1. The standard InChI is InChI=1S/C25H37N3O/c29-25(21-12-5-2-6-13-21)26-18-9-16-24-27-22-14-7-8-15-23(22)28(24)19-17-20-10-3-1-4-11-20/h7-8,14-15,20-21H,1-6,9-13,16-19H2,(H,26,29). The molecule has 1 amide bonds. The van der Waals surface area contributed by atoms with E-state index in [1.807, 2.05) is 0 Å². The van der Waals surface area contributed by atoms with Gasteiger partial charge in [0.2, 0.25) is 5.91 Å². The molecule has 0 saturated heterocycles. The Bertz CT molecular complexity index is 784. The van der Waals surface area contributed by atoms with Crippen molar-refractivity contribution in [2.45, 2.75) is 90.0 Å². The van der Waals surface area contributed by atoms with Gasteiger partial charge in [-0.3, -0.25) is 4.79 Å². The monoisotopic (exact) mass is 395 g/mol. The first-order valence-electron chi connectivity index (χ1n) is 12.0. The van der Waals surface area contributed by atoms with Crippen molar-refractivity contribution in [2.75, 3.05) is 6.54 Å². The van der Waals surface area contributed by atoms with Crippen LogP contribution in [-0.4, -0.2) is 22.0 Å². The zero-order valence-corrected chi connectivity index (χ0v) is 17.9. The Balaban J connectivity index is 1.33. The van der Waals surface area contributed by atoms with Gasteiger partial charge in [-0.1, -0.05) is 63.5 Å². The van der Waals surface area contributed by atoms with E-state index < -0.39 is 0 Å². The molecule has 4 nitrogen and oxygen atoms in total. The number of para-hydroxylation sites is 2. The lowest BCUT2D eigenvalue weighted by molar-refractivity contribution is -0.125. The highest BCUT2D eigenvalue weighted by Crippen LogP contribution is 2.28. The van der Waals surface area contributed by atoms with Crippen LogP contribution in [0.5, 0.6) is 0 Å². The molecule has 1 N–H and O–H groups in total. The molecule has 0 aliphatic heterocycles. The molecule has 2 fully saturated rings. The summed E-state index contributed by atoms with van der Waals surface area (Å²) in [5.41, 5.74) is 2.38. The molecule has 2 saturated carbocycles. The Morgan fingerprint density at radius 3 is 2.52 bits per heavy atom. The number of nitrogens with one attached hydrogen (secondary N) is 1. The van der Waals surface area contributed by atoms with Gasteiger partial charge in [0.25, 0.3) is 0 Å². The number of aromatic nitrogens is 2. The van der Waals surface area contributed by atoms with Crippen LogP contribution in [-0.2, 0) is 17.8 Å². The van der Waals surface area contributed by atoms with Gasteiger partial charge < -0.3 is 9.88 Å². The molecule has 1 heterocycles. The first kappa shape index (κ1) is 20.4. The topological polar surface area (TPSA) is 46.9 Å². The minimum Gasteiger partial charge on any atom is -0.356 e. The predicted octanol–water partition coefficient (Wildman–Crippen LogP) is 5.64. The Morgan fingerprint density at radius 1 is 1.00 bits per heavy atom. The molecule has 0 spiro atoms. The first-order valence-corrected chi connectivity index (χ1v) is 12.0. The lowest BCUT2D eigenvalue weighted by Gasteiger charge is -2.22. The summed E-state index contributed by atoms with van der Waals surface area (Å²) in [6.07, 6.45) is 16.1. The van der Waals surface area contributed by atoms with E-state index in [1.165, 1.54) is 69.1 Å². The van der Waals surface area contributed by atoms with Crippen molar-refractivity contribution in [3.63, 3.8) is 0 Å². The zero-order valence-electron chi connectivity index (χ0n) is 17.9. The predicted molar refractivity (Wildman–Crippen MR) is 119 cm³/mol. The number of imidazole rings is 1. The Hall–Kier alpha value is -1.84. The number of aryl methyl sites for hydroxylation is 2. The summed E-state index contributed by atoms with van der Waals surface area (Å²) in [5.74, 6) is 2.60. The fraction of sp³-hybridized carbons (Fsp3) is 0.680. The van der Waals surface area contributed by atoms with E-state index in [-0.39, 0.29) is 11.8 Å². The minimum atomic E-state index is 0.254. The molecule has 0 unspecified atom stereocenters. The van der Waals surface area contributed by atoms with E-state index in [0.29, 0.717) is 0 Å². The number of rotatable bonds is 8. The number of hydrogen-bond donors (Lipinski definition) is 1. The summed E-state index contributed by atoms with van der Waals surface area (Å²) in [4.78, 5) is 17.3. The van der Waals surface area contributed by atoms with Crippen molar-refractivity contribution in [1.29, 1.82) is 0 Å². The van der Waals surface area contributed by atoms with Gasteiger partial charge in [0.05, 0.1) is 11.0 Å². The van der Waals surface area contributed by atoms with Crippen molar-refractivity contribution in [2.24, 2.45) is 11.8 Å². The minimum absolute atomic E-state index is 0.254. The van der Waals surface area contributed by atoms with Gasteiger partial charge in [0.15, 0.2) is 0 Å². The van der Waals surface area contributed by atoms with Crippen LogP contribution in [0.15, 0.2) is 24.3 Å². The van der Waals surface area contributed by atoms with Crippen LogP contribution in [0, 0.1) is 11.8 Å². The van der Waals surface area contributed by atoms with Gasteiger partial charge in [0, 0.05) is 25.4 Å². The summed E-state index contributed by atoms with van der Waals surface area (Å²) in [6, 6.07) is 8.53. The van der Waals surface area contributed by atoms with Gasteiger partial charge in [-0.2, -0.15) is 0 Å². The van der Waals surface area contributed by atoms with Crippen molar-refractivity contribution in [3.05, 3.63) is 30.1 Å². The largest absolute Gasteiger partial charge is 0.356 e. The van der Waals surface area contributed by atoms with Crippen molar-refractivity contribution >= 4 is 16.9 Å². The summed E-state index contributed by atoms with van der Waals surface area (Å²) >= 11 is 0. The molecule has 0 bridgehead atoms. The molecule has 1 aromatic carbocycles. The van der Waals surface area contributed by atoms with Crippen molar-refractivity contribution in [3.8, 4) is 0 Å². The Labute approximate surface area is 175 Å². The third-order valence-electron chi connectivity index (χ3n) is 7.07. The van der Waals surface area contributed by atoms with Gasteiger partial charge >= 0.3 is 0 Å². The molecule has 1 aromatic heterocycles. The number of hydrogen-bond acceptors (Lipinski definition) is 2. The molecule has 0 atom stereocenters. The van der Waals surface area contributed by atoms with Crippen LogP contribution < -0.4 is 5.32 Å². The van der Waals surface area contributed by atoms with Gasteiger partial charge in [-0.15, -0.1) is 0 Å². The molecule has 2 aromatic rings. The van der Waals surface area contributed by atoms with Gasteiger partial charge in [-0.25, -0.2) is 4.98 Å². The van der Waals surface area contributed by atoms with Crippen LogP contribution in [0.3, 0.4) is 0 Å². The quantitative estimate of drug-likeness (QED) is 0.588. The highest BCUT2D eigenvalue weighted by molar-refractivity contribution is 5.78. The molecule has 0 radical (unpaired) electrons. The first-order chi connectivity index (χ1) is 14.3. The molecule has 4 rings (SSSR count). The fourth-order valence-corrected chi connectivity index (χ4v) is 5.32. The maximum atomic E-state index is 12.4. The molecule has 29 heavy (non-hydrogen) atoms. The number of benzene rings is 1. The lowest BCUT2D eigenvalue weighted by atomic mass is 9.87. The van der Waals surface area contributed by atoms with E-state index >= 15 is 0 Å². The Morgan fingerprint density at radius 2 is 1.72 bits per heavy atom. The fourth-order valence-electron chi connectivity index (χ4n) is 5.32. The second-order valence-electron chi connectivity index (χ2n) is 9.19. The van der Waals surface area contributed by atoms with Crippen LogP contribution in [0.1, 0.15) is 82.9 Å². The average Bonchev–Trinajstić information content (AvgIpc) is 3.14. The maximum Gasteiger partial charge on any atom is 0.223 e. The van der Waals surface area contributed by atoms with Gasteiger partial charge in [-0.05, 0) is 43.7 Å². The lowest BCUT2D eigenvalue weighted by Crippen LogP contribution is -2.32. The van der Waals surface area contributed by atoms with Crippen molar-refractivity contribution in [1.82, 2.24) is 14.9 Å². The summed E-state index contributed by atoms with van der Waals surface area (Å²) < 4.78 is 2.45. The number of carbonyl (C=O) groups excluding carboxylic acids is 1. The Kier molecular flexibility index (Phi) is 7.23. The molecule has 4 heteroatoms. The zero-order chi connectivity index (χ0) is 19.9. The average molecular weight is 396 g/mol. The summed E-state index contributed by atoms with van der Waals surface area (Å²) in [7, 11) is 0.